The molecule has 10 heteroatoms. The van der Waals surface area contributed by atoms with Crippen molar-refractivity contribution in [3.8, 4) is 11.4 Å². The van der Waals surface area contributed by atoms with Gasteiger partial charge in [-0.1, -0.05) is 60.7 Å². The summed E-state index contributed by atoms with van der Waals surface area (Å²) < 4.78 is 8.99. The predicted octanol–water partition coefficient (Wildman–Crippen LogP) is 4.89. The third-order valence-corrected chi connectivity index (χ3v) is 7.77. The van der Waals surface area contributed by atoms with Crippen molar-refractivity contribution in [2.75, 3.05) is 19.0 Å². The predicted molar refractivity (Wildman–Crippen MR) is 156 cm³/mol. The maximum Gasteiger partial charge on any atom is 0.295 e. The second kappa shape index (κ2) is 12.3. The number of methoxy groups -OCH3 is 1. The van der Waals surface area contributed by atoms with Gasteiger partial charge in [0.05, 0.1) is 23.4 Å². The first-order valence-corrected chi connectivity index (χ1v) is 13.6. The molecule has 0 aliphatic carbocycles. The Morgan fingerprint density at radius 1 is 1.05 bits per heavy atom. The summed E-state index contributed by atoms with van der Waals surface area (Å²) in [5.41, 5.74) is 2.35. The normalized spacial score (nSPS) is 14.4. The van der Waals surface area contributed by atoms with E-state index in [0.717, 1.165) is 29.8 Å². The zero-order chi connectivity index (χ0) is 27.2. The zero-order valence-electron chi connectivity index (χ0n) is 21.6. The van der Waals surface area contributed by atoms with Gasteiger partial charge in [0.25, 0.3) is 11.5 Å². The lowest BCUT2D eigenvalue weighted by atomic mass is 10.1. The van der Waals surface area contributed by atoms with Gasteiger partial charge in [0.1, 0.15) is 15.8 Å². The van der Waals surface area contributed by atoms with E-state index >= 15 is 0 Å². The summed E-state index contributed by atoms with van der Waals surface area (Å²) >= 11 is 6.73. The van der Waals surface area contributed by atoms with E-state index in [1.165, 1.54) is 16.4 Å². The Kier molecular flexibility index (Phi) is 8.85. The van der Waals surface area contributed by atoms with Gasteiger partial charge in [-0.05, 0) is 55.7 Å². The maximum atomic E-state index is 13.0. The average molecular weight is 551 g/mol. The quantitative estimate of drug-likeness (QED) is 0.220. The van der Waals surface area contributed by atoms with E-state index in [-0.39, 0.29) is 23.8 Å². The molecule has 8 nitrogen and oxygen atoms in total. The van der Waals surface area contributed by atoms with Crippen molar-refractivity contribution < 1.29 is 14.3 Å². The van der Waals surface area contributed by atoms with Gasteiger partial charge in [-0.2, -0.15) is 0 Å². The van der Waals surface area contributed by atoms with Crippen molar-refractivity contribution in [3.05, 3.63) is 81.1 Å². The van der Waals surface area contributed by atoms with Gasteiger partial charge in [0.15, 0.2) is 0 Å². The molecular weight excluding hydrogens is 520 g/mol. The molecule has 0 radical (unpaired) electrons. The number of nitrogens with one attached hydrogen (secondary N) is 1. The molecule has 1 N–H and O–H groups in total. The highest BCUT2D eigenvalue weighted by molar-refractivity contribution is 8.26. The number of anilines is 1. The highest BCUT2D eigenvalue weighted by Crippen LogP contribution is 2.33. The first-order valence-electron chi connectivity index (χ1n) is 12.3. The van der Waals surface area contributed by atoms with Crippen LogP contribution < -0.4 is 15.6 Å². The second-order valence-electron chi connectivity index (χ2n) is 8.90. The van der Waals surface area contributed by atoms with E-state index in [0.29, 0.717) is 33.6 Å². The number of thioether (sulfide) groups is 1. The number of amides is 2. The minimum Gasteiger partial charge on any atom is -0.497 e. The molecule has 2 amide bonds. The first-order chi connectivity index (χ1) is 18.3. The number of carbonyl (C=O) groups excluding carboxylic acids is 2. The van der Waals surface area contributed by atoms with Gasteiger partial charge in [0.2, 0.25) is 5.91 Å². The Morgan fingerprint density at radius 3 is 2.45 bits per heavy atom. The van der Waals surface area contributed by atoms with Crippen molar-refractivity contribution in [2.24, 2.45) is 7.05 Å². The number of para-hydroxylation sites is 1. The minimum absolute atomic E-state index is 0.0946. The number of thiocarbonyl (C=S) groups is 1. The number of carbonyl (C=O) groups is 2. The van der Waals surface area contributed by atoms with Gasteiger partial charge < -0.3 is 10.1 Å². The van der Waals surface area contributed by atoms with Crippen molar-refractivity contribution in [1.29, 1.82) is 0 Å². The highest BCUT2D eigenvalue weighted by atomic mass is 32.2. The molecule has 3 aromatic rings. The van der Waals surface area contributed by atoms with Crippen LogP contribution in [-0.2, 0) is 16.6 Å². The number of ether oxygens (including phenoxy) is 1. The molecule has 2 aromatic carbocycles. The number of aromatic nitrogens is 2. The molecule has 1 aliphatic rings. The molecular formula is C28H30N4O4S2. The van der Waals surface area contributed by atoms with Crippen LogP contribution in [-0.4, -0.2) is 44.1 Å². The van der Waals surface area contributed by atoms with Crippen molar-refractivity contribution in [3.63, 3.8) is 0 Å². The topological polar surface area (TPSA) is 85.6 Å². The summed E-state index contributed by atoms with van der Waals surface area (Å²) in [5.74, 6) is 0.457. The molecule has 1 fully saturated rings. The SMILES string of the molecule is COc1ccc(C=C2SC(=S)N(CCCCCC(=O)Nc3c(C)n(C)n(-c4ccccc4)c3=O)C2=O)cc1. The van der Waals surface area contributed by atoms with E-state index < -0.39 is 0 Å². The van der Waals surface area contributed by atoms with E-state index in [9.17, 15) is 14.4 Å². The zero-order valence-corrected chi connectivity index (χ0v) is 23.2. The third-order valence-electron chi connectivity index (χ3n) is 6.39. The third kappa shape index (κ3) is 6.08. The van der Waals surface area contributed by atoms with Crippen LogP contribution in [0, 0.1) is 6.92 Å². The standard InChI is InChI=1S/C28H30N4O4S2/c1-19-25(27(35)32(30(19)2)21-10-6-4-7-11-21)29-24(33)12-8-5-9-17-31-26(34)23(38-28(31)37)18-20-13-15-22(36-3)16-14-20/h4,6-7,10-11,13-16,18H,5,8-9,12,17H2,1-3H3,(H,29,33). The fourth-order valence-electron chi connectivity index (χ4n) is 4.19. The summed E-state index contributed by atoms with van der Waals surface area (Å²) in [6, 6.07) is 16.8. The van der Waals surface area contributed by atoms with E-state index in [2.05, 4.69) is 5.32 Å². The van der Waals surface area contributed by atoms with Gasteiger partial charge in [0, 0.05) is 20.0 Å². The number of benzene rings is 2. The van der Waals surface area contributed by atoms with Crippen molar-refractivity contribution >= 4 is 51.9 Å². The van der Waals surface area contributed by atoms with Gasteiger partial charge in [-0.3, -0.25) is 24.0 Å². The number of unbranched alkanes of at least 4 members (excludes halogenated alkanes) is 2. The van der Waals surface area contributed by atoms with Crippen LogP contribution in [0.2, 0.25) is 0 Å². The largest absolute Gasteiger partial charge is 0.497 e. The number of hydrogen-bond donors (Lipinski definition) is 1. The van der Waals surface area contributed by atoms with Crippen LogP contribution in [0.3, 0.4) is 0 Å². The number of nitrogens with zero attached hydrogens (tertiary/aromatic N) is 3. The molecule has 1 saturated heterocycles. The molecule has 0 spiro atoms. The van der Waals surface area contributed by atoms with Crippen LogP contribution in [0.4, 0.5) is 5.69 Å². The molecule has 0 atom stereocenters. The smallest absolute Gasteiger partial charge is 0.295 e. The highest BCUT2D eigenvalue weighted by Gasteiger charge is 2.31. The summed E-state index contributed by atoms with van der Waals surface area (Å²) in [6.45, 7) is 2.31. The fraction of sp³-hybridized carbons (Fsp3) is 0.286. The van der Waals surface area contributed by atoms with Crippen LogP contribution in [0.1, 0.15) is 36.9 Å². The lowest BCUT2D eigenvalue weighted by molar-refractivity contribution is -0.122. The summed E-state index contributed by atoms with van der Waals surface area (Å²) in [6.07, 6.45) is 4.24. The molecule has 0 bridgehead atoms. The summed E-state index contributed by atoms with van der Waals surface area (Å²) in [7, 11) is 3.40. The summed E-state index contributed by atoms with van der Waals surface area (Å²) in [4.78, 5) is 40.6. The Labute approximate surface area is 231 Å². The van der Waals surface area contributed by atoms with E-state index in [1.807, 2.05) is 67.6 Å². The van der Waals surface area contributed by atoms with Crippen LogP contribution in [0.25, 0.3) is 11.8 Å². The average Bonchev–Trinajstić information content (AvgIpc) is 3.30. The fourth-order valence-corrected chi connectivity index (χ4v) is 5.50. The van der Waals surface area contributed by atoms with E-state index in [1.54, 1.807) is 23.7 Å². The lowest BCUT2D eigenvalue weighted by Gasteiger charge is -2.14. The Hall–Kier alpha value is -3.63. The van der Waals surface area contributed by atoms with Crippen molar-refractivity contribution in [1.82, 2.24) is 14.3 Å². The lowest BCUT2D eigenvalue weighted by Crippen LogP contribution is -2.29. The first kappa shape index (κ1) is 27.4. The van der Waals surface area contributed by atoms with E-state index in [4.69, 9.17) is 17.0 Å². The molecule has 38 heavy (non-hydrogen) atoms. The molecule has 0 saturated carbocycles. The number of hydrogen-bond acceptors (Lipinski definition) is 6. The van der Waals surface area contributed by atoms with Gasteiger partial charge in [-0.15, -0.1) is 0 Å². The number of rotatable bonds is 10. The van der Waals surface area contributed by atoms with Crippen LogP contribution in [0.5, 0.6) is 5.75 Å². The monoisotopic (exact) mass is 550 g/mol. The molecule has 198 valence electrons. The van der Waals surface area contributed by atoms with Crippen LogP contribution >= 0.6 is 24.0 Å². The Morgan fingerprint density at radius 2 is 1.76 bits per heavy atom. The molecule has 1 aliphatic heterocycles. The molecule has 0 unspecified atom stereocenters. The maximum absolute atomic E-state index is 13.0. The minimum atomic E-state index is -0.262. The van der Waals surface area contributed by atoms with Crippen LogP contribution in [0.15, 0.2) is 64.3 Å². The van der Waals surface area contributed by atoms with Crippen molar-refractivity contribution in [2.45, 2.75) is 32.6 Å². The van der Waals surface area contributed by atoms with Gasteiger partial charge in [-0.25, -0.2) is 4.68 Å². The molecule has 2 heterocycles. The summed E-state index contributed by atoms with van der Waals surface area (Å²) in [5, 5.41) is 2.79. The Balaban J connectivity index is 1.26. The molecule has 1 aromatic heterocycles. The second-order valence-corrected chi connectivity index (χ2v) is 10.6. The Bertz CT molecular complexity index is 1430. The van der Waals surface area contributed by atoms with Gasteiger partial charge >= 0.3 is 0 Å². The molecule has 4 rings (SSSR count).